The molecule has 0 aliphatic heterocycles. The maximum atomic E-state index is 13.3. The number of amides is 3. The number of anilines is 1. The van der Waals surface area contributed by atoms with Crippen LogP contribution in [0.1, 0.15) is 43.1 Å². The Bertz CT molecular complexity index is 795. The number of urea groups is 1. The summed E-state index contributed by atoms with van der Waals surface area (Å²) in [6, 6.07) is 2.59. The average Bonchev–Trinajstić information content (AvgIpc) is 3.11. The third-order valence-electron chi connectivity index (χ3n) is 3.60. The number of nitrogens with zero attached hydrogens (tertiary/aromatic N) is 2. The van der Waals surface area contributed by atoms with Crippen LogP contribution in [-0.4, -0.2) is 34.9 Å². The summed E-state index contributed by atoms with van der Waals surface area (Å²) in [5.74, 6) is -2.19. The molecule has 0 radical (unpaired) electrons. The smallest absolute Gasteiger partial charge is 0.322 e. The molecule has 146 valence electrons. The third kappa shape index (κ3) is 5.77. The number of oxazole rings is 1. The molecule has 7 nitrogen and oxygen atoms in total. The van der Waals surface area contributed by atoms with Crippen LogP contribution in [0.15, 0.2) is 28.9 Å². The van der Waals surface area contributed by atoms with Crippen LogP contribution in [0.5, 0.6) is 0 Å². The normalized spacial score (nSPS) is 10.5. The fraction of sp³-hybridized carbons (Fsp3) is 0.389. The number of aromatic nitrogens is 1. The lowest BCUT2D eigenvalue weighted by Crippen LogP contribution is -2.35. The van der Waals surface area contributed by atoms with E-state index in [4.69, 9.17) is 4.42 Å². The van der Waals surface area contributed by atoms with E-state index in [1.165, 1.54) is 17.2 Å². The number of halogens is 2. The molecule has 0 fully saturated rings. The number of hydrogen-bond donors (Lipinski definition) is 2. The summed E-state index contributed by atoms with van der Waals surface area (Å²) >= 11 is 0. The average molecular weight is 380 g/mol. The van der Waals surface area contributed by atoms with Gasteiger partial charge in [-0.2, -0.15) is 0 Å². The molecule has 9 heteroatoms. The van der Waals surface area contributed by atoms with Gasteiger partial charge in [-0.3, -0.25) is 4.79 Å². The van der Waals surface area contributed by atoms with Crippen molar-refractivity contribution in [2.24, 2.45) is 0 Å². The van der Waals surface area contributed by atoms with Gasteiger partial charge in [0.15, 0.2) is 17.3 Å². The Morgan fingerprint density at radius 1 is 1.19 bits per heavy atom. The first-order valence-electron chi connectivity index (χ1n) is 8.68. The predicted molar refractivity (Wildman–Crippen MR) is 95.2 cm³/mol. The standard InChI is InChI=1S/C18H22F2N4O3/c1-3-7-21-17(25)15-11-27-16(23-15)10-24(8-4-2)18(26)22-12-5-6-13(19)14(20)9-12/h5-6,9,11H,3-4,7-8,10H2,1-2H3,(H,21,25)(H,22,26). The molecular weight excluding hydrogens is 358 g/mol. The van der Waals surface area contributed by atoms with Crippen LogP contribution < -0.4 is 10.6 Å². The molecule has 0 saturated carbocycles. The van der Waals surface area contributed by atoms with Gasteiger partial charge in [-0.05, 0) is 25.0 Å². The summed E-state index contributed by atoms with van der Waals surface area (Å²) < 4.78 is 31.6. The largest absolute Gasteiger partial charge is 0.446 e. The van der Waals surface area contributed by atoms with Crippen molar-refractivity contribution in [1.82, 2.24) is 15.2 Å². The molecule has 0 aliphatic carbocycles. The molecule has 27 heavy (non-hydrogen) atoms. The van der Waals surface area contributed by atoms with Crippen molar-refractivity contribution in [3.05, 3.63) is 47.7 Å². The van der Waals surface area contributed by atoms with Gasteiger partial charge in [-0.15, -0.1) is 0 Å². The second-order valence-corrected chi connectivity index (χ2v) is 5.86. The fourth-order valence-electron chi connectivity index (χ4n) is 2.28. The Morgan fingerprint density at radius 3 is 2.63 bits per heavy atom. The molecule has 3 amide bonds. The number of hydrogen-bond acceptors (Lipinski definition) is 4. The lowest BCUT2D eigenvalue weighted by molar-refractivity contribution is 0.0948. The topological polar surface area (TPSA) is 87.5 Å². The second kappa shape index (κ2) is 9.65. The van der Waals surface area contributed by atoms with E-state index in [-0.39, 0.29) is 29.7 Å². The number of benzene rings is 1. The van der Waals surface area contributed by atoms with Crippen LogP contribution in [-0.2, 0) is 6.54 Å². The van der Waals surface area contributed by atoms with E-state index in [9.17, 15) is 18.4 Å². The Kier molecular flexibility index (Phi) is 7.27. The van der Waals surface area contributed by atoms with E-state index < -0.39 is 17.7 Å². The van der Waals surface area contributed by atoms with Gasteiger partial charge in [0, 0.05) is 24.8 Å². The Morgan fingerprint density at radius 2 is 1.96 bits per heavy atom. The van der Waals surface area contributed by atoms with E-state index in [2.05, 4.69) is 15.6 Å². The lowest BCUT2D eigenvalue weighted by atomic mass is 10.3. The van der Waals surface area contributed by atoms with Crippen LogP contribution in [0, 0.1) is 11.6 Å². The molecule has 1 heterocycles. The van der Waals surface area contributed by atoms with E-state index >= 15 is 0 Å². The monoisotopic (exact) mass is 380 g/mol. The first kappa shape index (κ1) is 20.3. The minimum absolute atomic E-state index is 0.0322. The predicted octanol–water partition coefficient (Wildman–Crippen LogP) is 3.54. The summed E-state index contributed by atoms with van der Waals surface area (Å²) in [6.45, 7) is 4.76. The van der Waals surface area contributed by atoms with Gasteiger partial charge < -0.3 is 20.0 Å². The molecule has 0 unspecified atom stereocenters. The van der Waals surface area contributed by atoms with Crippen LogP contribution in [0.25, 0.3) is 0 Å². The third-order valence-corrected chi connectivity index (χ3v) is 3.60. The second-order valence-electron chi connectivity index (χ2n) is 5.86. The molecule has 1 aromatic carbocycles. The van der Waals surface area contributed by atoms with Gasteiger partial charge >= 0.3 is 6.03 Å². The minimum Gasteiger partial charge on any atom is -0.446 e. The molecule has 0 atom stereocenters. The zero-order valence-electron chi connectivity index (χ0n) is 15.2. The van der Waals surface area contributed by atoms with Crippen molar-refractivity contribution >= 4 is 17.6 Å². The highest BCUT2D eigenvalue weighted by molar-refractivity contribution is 5.92. The van der Waals surface area contributed by atoms with Crippen LogP contribution in [0.3, 0.4) is 0 Å². The molecule has 0 bridgehead atoms. The van der Waals surface area contributed by atoms with Gasteiger partial charge in [0.25, 0.3) is 5.91 Å². The van der Waals surface area contributed by atoms with Gasteiger partial charge in [-0.25, -0.2) is 18.6 Å². The highest BCUT2D eigenvalue weighted by Crippen LogP contribution is 2.15. The van der Waals surface area contributed by atoms with E-state index in [0.717, 1.165) is 18.6 Å². The molecular formula is C18H22F2N4O3. The molecule has 1 aromatic heterocycles. The number of rotatable bonds is 8. The number of nitrogens with one attached hydrogen (secondary N) is 2. The summed E-state index contributed by atoms with van der Waals surface area (Å²) in [4.78, 5) is 29.8. The molecule has 2 rings (SSSR count). The van der Waals surface area contributed by atoms with E-state index in [1.807, 2.05) is 13.8 Å². The highest BCUT2D eigenvalue weighted by Gasteiger charge is 2.18. The summed E-state index contributed by atoms with van der Waals surface area (Å²) in [5, 5.41) is 5.19. The van der Waals surface area contributed by atoms with Crippen molar-refractivity contribution in [3.8, 4) is 0 Å². The molecule has 0 saturated heterocycles. The van der Waals surface area contributed by atoms with Crippen LogP contribution >= 0.6 is 0 Å². The first-order chi connectivity index (χ1) is 12.9. The zero-order valence-corrected chi connectivity index (χ0v) is 15.2. The lowest BCUT2D eigenvalue weighted by Gasteiger charge is -2.21. The van der Waals surface area contributed by atoms with Crippen LogP contribution in [0.4, 0.5) is 19.3 Å². The molecule has 0 aliphatic rings. The van der Waals surface area contributed by atoms with Crippen molar-refractivity contribution in [3.63, 3.8) is 0 Å². The summed E-state index contributed by atoms with van der Waals surface area (Å²) in [5.41, 5.74) is 0.267. The SMILES string of the molecule is CCCNC(=O)c1coc(CN(CCC)C(=O)Nc2ccc(F)c(F)c2)n1. The maximum Gasteiger partial charge on any atom is 0.322 e. The Balaban J connectivity index is 2.03. The van der Waals surface area contributed by atoms with Gasteiger partial charge in [0.05, 0.1) is 6.54 Å². The Hall–Kier alpha value is -2.97. The van der Waals surface area contributed by atoms with Crippen LogP contribution in [0.2, 0.25) is 0 Å². The zero-order chi connectivity index (χ0) is 19.8. The highest BCUT2D eigenvalue weighted by atomic mass is 19.2. The number of carbonyl (C=O) groups excluding carboxylic acids is 2. The van der Waals surface area contributed by atoms with Crippen molar-refractivity contribution < 1.29 is 22.8 Å². The van der Waals surface area contributed by atoms with E-state index in [1.54, 1.807) is 0 Å². The molecule has 2 N–H and O–H groups in total. The number of carbonyl (C=O) groups is 2. The van der Waals surface area contributed by atoms with Crippen molar-refractivity contribution in [2.75, 3.05) is 18.4 Å². The Labute approximate surface area is 155 Å². The molecule has 2 aromatic rings. The van der Waals surface area contributed by atoms with Gasteiger partial charge in [0.1, 0.15) is 6.26 Å². The summed E-state index contributed by atoms with van der Waals surface area (Å²) in [6.07, 6.45) is 2.69. The van der Waals surface area contributed by atoms with E-state index in [0.29, 0.717) is 19.5 Å². The van der Waals surface area contributed by atoms with Gasteiger partial charge in [0.2, 0.25) is 5.89 Å². The van der Waals surface area contributed by atoms with Crippen molar-refractivity contribution in [2.45, 2.75) is 33.2 Å². The fourth-order valence-corrected chi connectivity index (χ4v) is 2.28. The first-order valence-corrected chi connectivity index (χ1v) is 8.68. The maximum absolute atomic E-state index is 13.3. The minimum atomic E-state index is -1.05. The molecule has 0 spiro atoms. The quantitative estimate of drug-likeness (QED) is 0.733. The summed E-state index contributed by atoms with van der Waals surface area (Å²) in [7, 11) is 0. The van der Waals surface area contributed by atoms with Gasteiger partial charge in [-0.1, -0.05) is 13.8 Å². The van der Waals surface area contributed by atoms with Crippen molar-refractivity contribution in [1.29, 1.82) is 0 Å².